The second-order valence-corrected chi connectivity index (χ2v) is 5.12. The number of halogens is 1. The zero-order chi connectivity index (χ0) is 16.2. The number of hydrogen-bond donors (Lipinski definition) is 2. The molecule has 0 aliphatic carbocycles. The van der Waals surface area contributed by atoms with Gasteiger partial charge in [0, 0.05) is 24.4 Å². The lowest BCUT2D eigenvalue weighted by molar-refractivity contribution is -0.132. The van der Waals surface area contributed by atoms with E-state index in [4.69, 9.17) is 4.74 Å². The van der Waals surface area contributed by atoms with E-state index in [2.05, 4.69) is 10.3 Å². The molecule has 1 aromatic heterocycles. The molecule has 2 rings (SSSR count). The van der Waals surface area contributed by atoms with Crippen LogP contribution in [-0.4, -0.2) is 28.7 Å². The average molecular weight is 304 g/mol. The molecule has 0 bridgehead atoms. The molecule has 1 heterocycles. The number of methoxy groups -OCH3 is 1. The van der Waals surface area contributed by atoms with Crippen LogP contribution in [0.15, 0.2) is 42.6 Å². The summed E-state index contributed by atoms with van der Waals surface area (Å²) in [6, 6.07) is 8.79. The summed E-state index contributed by atoms with van der Waals surface area (Å²) in [7, 11) is 1.47. The Bertz CT molecular complexity index is 657. The van der Waals surface area contributed by atoms with Crippen LogP contribution in [0.25, 0.3) is 0 Å². The Morgan fingerprint density at radius 1 is 1.36 bits per heavy atom. The van der Waals surface area contributed by atoms with E-state index in [0.717, 1.165) is 0 Å². The van der Waals surface area contributed by atoms with Crippen LogP contribution in [0.4, 0.5) is 10.1 Å². The third kappa shape index (κ3) is 4.02. The van der Waals surface area contributed by atoms with Crippen molar-refractivity contribution in [3.8, 4) is 5.88 Å². The van der Waals surface area contributed by atoms with Crippen molar-refractivity contribution in [3.05, 3.63) is 54.0 Å². The summed E-state index contributed by atoms with van der Waals surface area (Å²) in [5.74, 6) is -0.571. The van der Waals surface area contributed by atoms with Gasteiger partial charge in [-0.2, -0.15) is 0 Å². The summed E-state index contributed by atoms with van der Waals surface area (Å²) in [5.41, 5.74) is -0.501. The van der Waals surface area contributed by atoms with Crippen molar-refractivity contribution >= 4 is 11.6 Å². The normalized spacial score (nSPS) is 13.3. The second kappa shape index (κ2) is 6.53. The molecule has 0 aliphatic heterocycles. The van der Waals surface area contributed by atoms with E-state index in [9.17, 15) is 14.3 Å². The number of ether oxygens (including phenoxy) is 1. The first-order valence-corrected chi connectivity index (χ1v) is 6.69. The van der Waals surface area contributed by atoms with Crippen molar-refractivity contribution in [1.29, 1.82) is 0 Å². The fourth-order valence-corrected chi connectivity index (χ4v) is 1.94. The zero-order valence-electron chi connectivity index (χ0n) is 12.3. The van der Waals surface area contributed by atoms with Gasteiger partial charge in [-0.15, -0.1) is 0 Å². The van der Waals surface area contributed by atoms with Gasteiger partial charge >= 0.3 is 0 Å². The number of rotatable bonds is 5. The van der Waals surface area contributed by atoms with Crippen molar-refractivity contribution < 1.29 is 19.0 Å². The molecule has 0 aliphatic rings. The Morgan fingerprint density at radius 3 is 2.68 bits per heavy atom. The Balaban J connectivity index is 2.07. The fourth-order valence-electron chi connectivity index (χ4n) is 1.94. The Labute approximate surface area is 127 Å². The van der Waals surface area contributed by atoms with Gasteiger partial charge in [-0.1, -0.05) is 12.1 Å². The van der Waals surface area contributed by atoms with E-state index in [1.165, 1.54) is 44.5 Å². The first-order valence-electron chi connectivity index (χ1n) is 6.69. The number of nitrogens with zero attached hydrogens (tertiary/aromatic N) is 1. The maximum Gasteiger partial charge on any atom is 0.256 e. The van der Waals surface area contributed by atoms with Gasteiger partial charge in [-0.3, -0.25) is 4.79 Å². The summed E-state index contributed by atoms with van der Waals surface area (Å²) in [4.78, 5) is 16.1. The number of anilines is 1. The average Bonchev–Trinajstić information content (AvgIpc) is 2.49. The molecular weight excluding hydrogens is 287 g/mol. The van der Waals surface area contributed by atoms with Crippen molar-refractivity contribution in [3.63, 3.8) is 0 Å². The number of aromatic nitrogens is 1. The van der Waals surface area contributed by atoms with Crippen LogP contribution in [0.2, 0.25) is 0 Å². The van der Waals surface area contributed by atoms with Gasteiger partial charge in [0.2, 0.25) is 5.88 Å². The van der Waals surface area contributed by atoms with Crippen LogP contribution in [0.1, 0.15) is 12.5 Å². The monoisotopic (exact) mass is 304 g/mol. The molecule has 6 heteroatoms. The van der Waals surface area contributed by atoms with Crippen LogP contribution in [0, 0.1) is 5.82 Å². The minimum atomic E-state index is -1.63. The predicted molar refractivity (Wildman–Crippen MR) is 80.1 cm³/mol. The number of aliphatic hydroxyl groups is 1. The molecule has 22 heavy (non-hydrogen) atoms. The highest BCUT2D eigenvalue weighted by Crippen LogP contribution is 2.18. The SMILES string of the molecule is COc1cc(NC(=O)C(C)(O)Cc2ccc(F)cc2)ccn1. The second-order valence-electron chi connectivity index (χ2n) is 5.12. The predicted octanol–water partition coefficient (Wildman–Crippen LogP) is 2.16. The molecule has 2 aromatic rings. The zero-order valence-corrected chi connectivity index (χ0v) is 12.3. The van der Waals surface area contributed by atoms with Crippen molar-refractivity contribution in [1.82, 2.24) is 4.98 Å². The minimum absolute atomic E-state index is 0.0708. The van der Waals surface area contributed by atoms with Crippen LogP contribution < -0.4 is 10.1 Å². The first kappa shape index (κ1) is 15.9. The standard InChI is InChI=1S/C16H17FN2O3/c1-16(21,10-11-3-5-12(17)6-4-11)15(20)19-13-7-8-18-14(9-13)22-2/h3-9,21H,10H2,1-2H3,(H,18,19,20). The number of carbonyl (C=O) groups is 1. The van der Waals surface area contributed by atoms with E-state index >= 15 is 0 Å². The molecule has 1 amide bonds. The molecule has 1 unspecified atom stereocenters. The van der Waals surface area contributed by atoms with Gasteiger partial charge in [-0.25, -0.2) is 9.37 Å². The molecule has 0 saturated heterocycles. The Morgan fingerprint density at radius 2 is 2.05 bits per heavy atom. The molecule has 1 aromatic carbocycles. The van der Waals surface area contributed by atoms with Gasteiger partial charge in [0.15, 0.2) is 0 Å². The van der Waals surface area contributed by atoms with E-state index in [1.807, 2.05) is 0 Å². The third-order valence-corrected chi connectivity index (χ3v) is 3.15. The van der Waals surface area contributed by atoms with Crippen LogP contribution in [0.3, 0.4) is 0 Å². The molecule has 1 atom stereocenters. The van der Waals surface area contributed by atoms with E-state index in [1.54, 1.807) is 12.1 Å². The lowest BCUT2D eigenvalue weighted by atomic mass is 9.95. The third-order valence-electron chi connectivity index (χ3n) is 3.15. The summed E-state index contributed by atoms with van der Waals surface area (Å²) < 4.78 is 17.8. The van der Waals surface area contributed by atoms with Gasteiger partial charge in [0.1, 0.15) is 11.4 Å². The quantitative estimate of drug-likeness (QED) is 0.888. The van der Waals surface area contributed by atoms with Gasteiger partial charge in [0.25, 0.3) is 5.91 Å². The molecule has 2 N–H and O–H groups in total. The topological polar surface area (TPSA) is 71.5 Å². The smallest absolute Gasteiger partial charge is 0.256 e. The Hall–Kier alpha value is -2.47. The van der Waals surface area contributed by atoms with E-state index in [0.29, 0.717) is 17.1 Å². The summed E-state index contributed by atoms with van der Waals surface area (Å²) in [6.07, 6.45) is 1.56. The van der Waals surface area contributed by atoms with Crippen LogP contribution in [0.5, 0.6) is 5.88 Å². The first-order chi connectivity index (χ1) is 10.4. The molecule has 0 radical (unpaired) electrons. The van der Waals surface area contributed by atoms with Crippen molar-refractivity contribution in [2.24, 2.45) is 0 Å². The fraction of sp³-hybridized carbons (Fsp3) is 0.250. The highest BCUT2D eigenvalue weighted by molar-refractivity contribution is 5.97. The Kier molecular flexibility index (Phi) is 4.72. The van der Waals surface area contributed by atoms with Gasteiger partial charge in [-0.05, 0) is 30.7 Å². The summed E-state index contributed by atoms with van der Waals surface area (Å²) in [6.45, 7) is 1.41. The van der Waals surface area contributed by atoms with E-state index < -0.39 is 11.5 Å². The number of benzene rings is 1. The number of pyridine rings is 1. The van der Waals surface area contributed by atoms with E-state index in [-0.39, 0.29) is 12.2 Å². The molecule has 0 saturated carbocycles. The maximum absolute atomic E-state index is 12.9. The number of hydrogen-bond acceptors (Lipinski definition) is 4. The lowest BCUT2D eigenvalue weighted by Gasteiger charge is -2.22. The van der Waals surface area contributed by atoms with Gasteiger partial charge in [0.05, 0.1) is 7.11 Å². The summed E-state index contributed by atoms with van der Waals surface area (Å²) in [5, 5.41) is 12.9. The maximum atomic E-state index is 12.9. The summed E-state index contributed by atoms with van der Waals surface area (Å²) >= 11 is 0. The molecule has 5 nitrogen and oxygen atoms in total. The van der Waals surface area contributed by atoms with Crippen LogP contribution >= 0.6 is 0 Å². The molecule has 0 fully saturated rings. The minimum Gasteiger partial charge on any atom is -0.481 e. The van der Waals surface area contributed by atoms with Gasteiger partial charge < -0.3 is 15.2 Å². The largest absolute Gasteiger partial charge is 0.481 e. The van der Waals surface area contributed by atoms with Crippen molar-refractivity contribution in [2.75, 3.05) is 12.4 Å². The number of carbonyl (C=O) groups excluding carboxylic acids is 1. The van der Waals surface area contributed by atoms with Crippen LogP contribution in [-0.2, 0) is 11.2 Å². The lowest BCUT2D eigenvalue weighted by Crippen LogP contribution is -2.42. The number of nitrogens with one attached hydrogen (secondary N) is 1. The molecule has 0 spiro atoms. The highest BCUT2D eigenvalue weighted by Gasteiger charge is 2.30. The highest BCUT2D eigenvalue weighted by atomic mass is 19.1. The van der Waals surface area contributed by atoms with Crippen molar-refractivity contribution in [2.45, 2.75) is 18.9 Å². The number of amides is 1. The molecular formula is C16H17FN2O3. The molecule has 116 valence electrons.